The largest absolute Gasteiger partial charge is 0.488 e. The molecule has 2 heterocycles. The van der Waals surface area contributed by atoms with Crippen molar-refractivity contribution in [3.63, 3.8) is 0 Å². The third-order valence-corrected chi connectivity index (χ3v) is 7.10. The monoisotopic (exact) mass is 621 g/mol. The van der Waals surface area contributed by atoms with Gasteiger partial charge in [0, 0.05) is 19.2 Å². The van der Waals surface area contributed by atoms with Crippen molar-refractivity contribution in [3.8, 4) is 17.0 Å². The molecule has 0 spiro atoms. The minimum Gasteiger partial charge on any atom is -0.488 e. The average Bonchev–Trinajstić information content (AvgIpc) is 3.34. The van der Waals surface area contributed by atoms with Gasteiger partial charge < -0.3 is 19.7 Å². The molecule has 0 aliphatic carbocycles. The van der Waals surface area contributed by atoms with E-state index < -0.39 is 48.2 Å². The predicted molar refractivity (Wildman–Crippen MR) is 159 cm³/mol. The van der Waals surface area contributed by atoms with Gasteiger partial charge in [0.15, 0.2) is 5.82 Å². The number of likely N-dealkylation sites (N-methyl/N-ethyl adjacent to an activating group) is 1. The van der Waals surface area contributed by atoms with Crippen LogP contribution >= 0.6 is 0 Å². The lowest BCUT2D eigenvalue weighted by Gasteiger charge is -2.24. The van der Waals surface area contributed by atoms with E-state index in [9.17, 15) is 27.6 Å². The van der Waals surface area contributed by atoms with Gasteiger partial charge in [0.25, 0.3) is 0 Å². The lowest BCUT2D eigenvalue weighted by atomic mass is 10.0. The zero-order chi connectivity index (χ0) is 32.2. The predicted octanol–water partition coefficient (Wildman–Crippen LogP) is 4.33. The van der Waals surface area contributed by atoms with Crippen LogP contribution in [0, 0.1) is 17.5 Å². The molecule has 5 rings (SSSR count). The summed E-state index contributed by atoms with van der Waals surface area (Å²) in [7, 11) is 5.23. The molecule has 3 aromatic carbocycles. The molecule has 1 aliphatic rings. The molecular weight excluding hydrogens is 591 g/mol. The van der Waals surface area contributed by atoms with Crippen molar-refractivity contribution < 1.29 is 37.0 Å². The van der Waals surface area contributed by atoms with Crippen molar-refractivity contribution >= 4 is 29.3 Å². The first-order chi connectivity index (χ1) is 21.5. The zero-order valence-electron chi connectivity index (χ0n) is 24.8. The molecule has 0 saturated carbocycles. The Kier molecular flexibility index (Phi) is 9.18. The van der Waals surface area contributed by atoms with Crippen LogP contribution in [-0.4, -0.2) is 66.3 Å². The number of nitrogens with zero attached hydrogens (tertiary/aromatic N) is 4. The normalized spacial score (nSPS) is 11.8. The van der Waals surface area contributed by atoms with Crippen LogP contribution in [0.2, 0.25) is 0 Å². The van der Waals surface area contributed by atoms with Crippen molar-refractivity contribution in [1.29, 1.82) is 0 Å². The highest BCUT2D eigenvalue weighted by atomic mass is 19.1. The van der Waals surface area contributed by atoms with Crippen LogP contribution in [0.1, 0.15) is 21.5 Å². The average molecular weight is 622 g/mol. The summed E-state index contributed by atoms with van der Waals surface area (Å²) in [5, 5.41) is 6.88. The van der Waals surface area contributed by atoms with Gasteiger partial charge in [-0.05, 0) is 62.1 Å². The summed E-state index contributed by atoms with van der Waals surface area (Å²) in [6.45, 7) is -0.103. The van der Waals surface area contributed by atoms with Gasteiger partial charge in [0.2, 0.25) is 11.8 Å². The molecule has 0 radical (unpaired) electrons. The van der Waals surface area contributed by atoms with Gasteiger partial charge in [-0.3, -0.25) is 19.2 Å². The summed E-state index contributed by atoms with van der Waals surface area (Å²) in [4.78, 5) is 42.4. The highest BCUT2D eigenvalue weighted by Gasteiger charge is 2.32. The van der Waals surface area contributed by atoms with Gasteiger partial charge in [-0.25, -0.2) is 18.0 Å². The number of esters is 1. The molecule has 1 aromatic heterocycles. The number of aryl methyl sites for hydroxylation is 1. The number of anilines is 2. The van der Waals surface area contributed by atoms with Crippen molar-refractivity contribution in [2.24, 2.45) is 7.05 Å². The number of hydrogen-bond donors (Lipinski definition) is 1. The molecule has 10 nitrogen and oxygen atoms in total. The Hall–Kier alpha value is -5.17. The number of rotatable bonds is 10. The molecular formula is C32H30F3N5O5. The van der Waals surface area contributed by atoms with Gasteiger partial charge in [0.05, 0.1) is 28.9 Å². The maximum atomic E-state index is 14.7. The smallest absolute Gasteiger partial charge is 0.338 e. The quantitative estimate of drug-likeness (QED) is 0.263. The molecule has 234 valence electrons. The van der Waals surface area contributed by atoms with Crippen molar-refractivity contribution in [2.45, 2.75) is 13.0 Å². The number of fused-ring (bicyclic) bond motifs is 3. The summed E-state index contributed by atoms with van der Waals surface area (Å²) in [5.41, 5.74) is 1.08. The number of carbonyl (C=O) groups excluding carboxylic acids is 3. The molecule has 0 fully saturated rings. The van der Waals surface area contributed by atoms with E-state index >= 15 is 0 Å². The summed E-state index contributed by atoms with van der Waals surface area (Å²) in [5.74, 6) is -3.69. The Labute approximate surface area is 256 Å². The fraction of sp³-hybridized carbons (Fsp3) is 0.250. The summed E-state index contributed by atoms with van der Waals surface area (Å²) >= 11 is 0. The summed E-state index contributed by atoms with van der Waals surface area (Å²) in [6, 6.07) is 13.1. The number of amides is 2. The molecule has 13 heteroatoms. The van der Waals surface area contributed by atoms with Crippen molar-refractivity contribution in [3.05, 3.63) is 94.8 Å². The second-order valence-electron chi connectivity index (χ2n) is 10.6. The number of benzene rings is 3. The van der Waals surface area contributed by atoms with Crippen LogP contribution in [0.4, 0.5) is 24.7 Å². The van der Waals surface area contributed by atoms with Gasteiger partial charge in [-0.1, -0.05) is 18.2 Å². The van der Waals surface area contributed by atoms with E-state index in [2.05, 4.69) is 10.4 Å². The number of aromatic nitrogens is 2. The van der Waals surface area contributed by atoms with Crippen molar-refractivity contribution in [1.82, 2.24) is 14.7 Å². The van der Waals surface area contributed by atoms with Crippen LogP contribution in [-0.2, 0) is 34.4 Å². The fourth-order valence-corrected chi connectivity index (χ4v) is 4.87. The molecule has 0 atom stereocenters. The molecule has 0 bridgehead atoms. The first kappa shape index (κ1) is 31.3. The van der Waals surface area contributed by atoms with Crippen LogP contribution in [0.3, 0.4) is 0 Å². The number of hydrogen-bond acceptors (Lipinski definition) is 7. The lowest BCUT2D eigenvalue weighted by molar-refractivity contribution is -0.121. The van der Waals surface area contributed by atoms with E-state index in [4.69, 9.17) is 9.47 Å². The lowest BCUT2D eigenvalue weighted by Crippen LogP contribution is -2.40. The SMILES string of the molecule is CN(C)CCOC(=O)c1ccc(F)c(NC(=O)CN(C(=O)Cc2ccccc2F)c2nn(C)c3c2COc2ccc(F)cc2-3)c1. The van der Waals surface area contributed by atoms with Gasteiger partial charge in [0.1, 0.15) is 43.0 Å². The number of carbonyl (C=O) groups is 3. The van der Waals surface area contributed by atoms with Crippen LogP contribution in [0.25, 0.3) is 11.3 Å². The second-order valence-corrected chi connectivity index (χ2v) is 10.6. The van der Waals surface area contributed by atoms with E-state index in [1.807, 2.05) is 19.0 Å². The summed E-state index contributed by atoms with van der Waals surface area (Å²) in [6.07, 6.45) is -0.417. The van der Waals surface area contributed by atoms with Gasteiger partial charge in [-0.2, -0.15) is 5.10 Å². The number of halogens is 3. The fourth-order valence-electron chi connectivity index (χ4n) is 4.87. The van der Waals surface area contributed by atoms with E-state index in [1.165, 1.54) is 47.1 Å². The first-order valence-corrected chi connectivity index (χ1v) is 14.0. The Morgan fingerprint density at radius 2 is 1.80 bits per heavy atom. The third-order valence-electron chi connectivity index (χ3n) is 7.10. The van der Waals surface area contributed by atoms with E-state index in [0.29, 0.717) is 29.1 Å². The number of nitrogens with one attached hydrogen (secondary N) is 1. The first-order valence-electron chi connectivity index (χ1n) is 14.0. The van der Waals surface area contributed by atoms with Crippen LogP contribution < -0.4 is 15.0 Å². The Bertz CT molecular complexity index is 1770. The van der Waals surface area contributed by atoms with E-state index in [1.54, 1.807) is 13.1 Å². The second kappa shape index (κ2) is 13.2. The molecule has 0 saturated heterocycles. The standard InChI is InChI=1S/C32H30F3N5O5/c1-38(2)12-13-44-32(43)20-8-10-25(35)26(14-20)36-28(41)17-40(29(42)15-19-6-4-5-7-24(19)34)31-23-18-45-27-11-9-21(33)16-22(27)30(23)39(3)37-31/h4-11,14,16H,12-13,15,17-18H2,1-3H3,(H,36,41). The number of ether oxygens (including phenoxy) is 2. The van der Waals surface area contributed by atoms with Crippen LogP contribution in [0.15, 0.2) is 60.7 Å². The summed E-state index contributed by atoms with van der Waals surface area (Å²) < 4.78 is 55.9. The maximum absolute atomic E-state index is 14.7. The minimum absolute atomic E-state index is 0.0137. The molecule has 1 N–H and O–H groups in total. The minimum atomic E-state index is -0.823. The Morgan fingerprint density at radius 1 is 1.02 bits per heavy atom. The highest BCUT2D eigenvalue weighted by molar-refractivity contribution is 6.04. The molecule has 1 aliphatic heterocycles. The maximum Gasteiger partial charge on any atom is 0.338 e. The molecule has 45 heavy (non-hydrogen) atoms. The van der Waals surface area contributed by atoms with Gasteiger partial charge in [-0.15, -0.1) is 0 Å². The van der Waals surface area contributed by atoms with E-state index in [-0.39, 0.29) is 35.8 Å². The third kappa shape index (κ3) is 6.99. The topological polar surface area (TPSA) is 106 Å². The molecule has 0 unspecified atom stereocenters. The van der Waals surface area contributed by atoms with E-state index in [0.717, 1.165) is 17.0 Å². The Morgan fingerprint density at radius 3 is 2.56 bits per heavy atom. The Balaban J connectivity index is 1.44. The van der Waals surface area contributed by atoms with Crippen LogP contribution in [0.5, 0.6) is 5.75 Å². The molecule has 2 amide bonds. The molecule has 4 aromatic rings. The highest BCUT2D eigenvalue weighted by Crippen LogP contribution is 2.41. The van der Waals surface area contributed by atoms with Crippen molar-refractivity contribution in [2.75, 3.05) is 44.0 Å². The van der Waals surface area contributed by atoms with Gasteiger partial charge >= 0.3 is 5.97 Å². The zero-order valence-corrected chi connectivity index (χ0v) is 24.8.